The number of benzene rings is 2. The minimum absolute atomic E-state index is 0.0773. The minimum Gasteiger partial charge on any atom is -0.454 e. The van der Waals surface area contributed by atoms with Crippen molar-refractivity contribution < 1.29 is 19.0 Å². The van der Waals surface area contributed by atoms with Gasteiger partial charge in [0.05, 0.1) is 13.2 Å². The van der Waals surface area contributed by atoms with Crippen molar-refractivity contribution in [1.29, 1.82) is 0 Å². The van der Waals surface area contributed by atoms with Crippen molar-refractivity contribution in [2.45, 2.75) is 13.1 Å². The number of ether oxygens (including phenoxy) is 3. The molecule has 0 spiro atoms. The van der Waals surface area contributed by atoms with Crippen LogP contribution in [0.4, 0.5) is 0 Å². The van der Waals surface area contributed by atoms with E-state index in [1.807, 2.05) is 36.4 Å². The molecule has 1 N–H and O–H groups in total. The summed E-state index contributed by atoms with van der Waals surface area (Å²) in [6, 6.07) is 13.5. The largest absolute Gasteiger partial charge is 0.454 e. The second-order valence-corrected chi connectivity index (χ2v) is 6.46. The van der Waals surface area contributed by atoms with Gasteiger partial charge in [0.25, 0.3) is 5.91 Å². The lowest BCUT2D eigenvalue weighted by molar-refractivity contribution is 0.0342. The predicted octanol–water partition coefficient (Wildman–Crippen LogP) is 2.18. The Hall–Kier alpha value is -2.57. The molecule has 0 atom stereocenters. The average molecular weight is 354 g/mol. The Labute approximate surface area is 152 Å². The van der Waals surface area contributed by atoms with Crippen molar-refractivity contribution in [3.8, 4) is 11.5 Å². The second-order valence-electron chi connectivity index (χ2n) is 6.46. The number of nitrogens with one attached hydrogen (secondary N) is 1. The molecule has 0 radical (unpaired) electrons. The number of hydrogen-bond acceptors (Lipinski definition) is 5. The summed E-state index contributed by atoms with van der Waals surface area (Å²) in [5.74, 6) is 1.40. The topological polar surface area (TPSA) is 60.0 Å². The number of fused-ring (bicyclic) bond motifs is 1. The van der Waals surface area contributed by atoms with Gasteiger partial charge in [0.15, 0.2) is 11.5 Å². The molecule has 2 heterocycles. The summed E-state index contributed by atoms with van der Waals surface area (Å²) < 4.78 is 16.1. The quantitative estimate of drug-likeness (QED) is 0.892. The second kappa shape index (κ2) is 7.76. The van der Waals surface area contributed by atoms with Crippen LogP contribution in [0.5, 0.6) is 11.5 Å². The molecule has 1 amide bonds. The summed E-state index contributed by atoms with van der Waals surface area (Å²) in [6.07, 6.45) is 0. The Morgan fingerprint density at radius 2 is 1.85 bits per heavy atom. The van der Waals surface area contributed by atoms with Crippen LogP contribution in [-0.4, -0.2) is 43.9 Å². The molecular weight excluding hydrogens is 332 g/mol. The van der Waals surface area contributed by atoms with Crippen LogP contribution in [0.1, 0.15) is 21.5 Å². The van der Waals surface area contributed by atoms with Crippen molar-refractivity contribution >= 4 is 5.91 Å². The lowest BCUT2D eigenvalue weighted by Gasteiger charge is -2.26. The number of morpholine rings is 1. The smallest absolute Gasteiger partial charge is 0.251 e. The molecule has 1 saturated heterocycles. The first-order chi connectivity index (χ1) is 12.8. The van der Waals surface area contributed by atoms with Gasteiger partial charge in [-0.25, -0.2) is 0 Å². The van der Waals surface area contributed by atoms with Crippen LogP contribution in [0.3, 0.4) is 0 Å². The molecule has 0 unspecified atom stereocenters. The first kappa shape index (κ1) is 16.9. The van der Waals surface area contributed by atoms with Gasteiger partial charge in [0.2, 0.25) is 6.79 Å². The molecule has 136 valence electrons. The van der Waals surface area contributed by atoms with Crippen molar-refractivity contribution in [3.63, 3.8) is 0 Å². The zero-order chi connectivity index (χ0) is 17.8. The van der Waals surface area contributed by atoms with Crippen LogP contribution in [0.25, 0.3) is 0 Å². The normalized spacial score (nSPS) is 16.5. The van der Waals surface area contributed by atoms with E-state index in [0.29, 0.717) is 12.1 Å². The zero-order valence-corrected chi connectivity index (χ0v) is 14.6. The van der Waals surface area contributed by atoms with Gasteiger partial charge in [-0.2, -0.15) is 0 Å². The van der Waals surface area contributed by atoms with Crippen molar-refractivity contribution in [3.05, 3.63) is 59.2 Å². The highest BCUT2D eigenvalue weighted by Gasteiger charge is 2.14. The van der Waals surface area contributed by atoms with Crippen LogP contribution in [0.2, 0.25) is 0 Å². The van der Waals surface area contributed by atoms with E-state index in [4.69, 9.17) is 14.2 Å². The average Bonchev–Trinajstić information content (AvgIpc) is 3.15. The lowest BCUT2D eigenvalue weighted by Crippen LogP contribution is -2.35. The maximum atomic E-state index is 12.5. The minimum atomic E-state index is -0.0773. The fourth-order valence-electron chi connectivity index (χ4n) is 3.16. The third-order valence-electron chi connectivity index (χ3n) is 4.59. The van der Waals surface area contributed by atoms with E-state index >= 15 is 0 Å². The zero-order valence-electron chi connectivity index (χ0n) is 14.6. The van der Waals surface area contributed by atoms with E-state index in [1.165, 1.54) is 0 Å². The van der Waals surface area contributed by atoms with E-state index < -0.39 is 0 Å². The van der Waals surface area contributed by atoms with E-state index in [-0.39, 0.29) is 12.7 Å². The molecule has 0 saturated carbocycles. The summed E-state index contributed by atoms with van der Waals surface area (Å²) in [5, 5.41) is 2.97. The van der Waals surface area contributed by atoms with Crippen LogP contribution >= 0.6 is 0 Å². The maximum Gasteiger partial charge on any atom is 0.251 e. The summed E-state index contributed by atoms with van der Waals surface area (Å²) in [7, 11) is 0. The summed E-state index contributed by atoms with van der Waals surface area (Å²) in [6.45, 7) is 4.95. The van der Waals surface area contributed by atoms with Crippen LogP contribution in [0.15, 0.2) is 42.5 Å². The molecule has 0 bridgehead atoms. The van der Waals surface area contributed by atoms with Crippen LogP contribution in [0, 0.1) is 0 Å². The Morgan fingerprint density at radius 1 is 1.00 bits per heavy atom. The third kappa shape index (κ3) is 3.98. The molecule has 2 aromatic carbocycles. The van der Waals surface area contributed by atoms with Crippen LogP contribution < -0.4 is 14.8 Å². The molecule has 26 heavy (non-hydrogen) atoms. The molecule has 4 rings (SSSR count). The number of amides is 1. The molecule has 0 aliphatic carbocycles. The van der Waals surface area contributed by atoms with Gasteiger partial charge >= 0.3 is 0 Å². The van der Waals surface area contributed by atoms with E-state index in [1.54, 1.807) is 0 Å². The third-order valence-corrected chi connectivity index (χ3v) is 4.59. The lowest BCUT2D eigenvalue weighted by atomic mass is 10.1. The molecule has 2 aromatic rings. The Balaban J connectivity index is 1.36. The van der Waals surface area contributed by atoms with Crippen molar-refractivity contribution in [2.24, 2.45) is 0 Å². The van der Waals surface area contributed by atoms with Gasteiger partial charge in [-0.3, -0.25) is 9.69 Å². The van der Waals surface area contributed by atoms with E-state index in [2.05, 4.69) is 16.3 Å². The molecule has 1 fully saturated rings. The number of hydrogen-bond donors (Lipinski definition) is 1. The summed E-state index contributed by atoms with van der Waals surface area (Å²) in [4.78, 5) is 14.8. The fraction of sp³-hybridized carbons (Fsp3) is 0.350. The number of rotatable bonds is 5. The highest BCUT2D eigenvalue weighted by molar-refractivity contribution is 5.94. The maximum absolute atomic E-state index is 12.5. The summed E-state index contributed by atoms with van der Waals surface area (Å²) >= 11 is 0. The van der Waals surface area contributed by atoms with Crippen molar-refractivity contribution in [1.82, 2.24) is 10.2 Å². The Morgan fingerprint density at radius 3 is 2.73 bits per heavy atom. The van der Waals surface area contributed by atoms with Gasteiger partial charge in [0.1, 0.15) is 0 Å². The highest BCUT2D eigenvalue weighted by atomic mass is 16.7. The first-order valence-corrected chi connectivity index (χ1v) is 8.84. The number of carbonyl (C=O) groups is 1. The number of nitrogens with zero attached hydrogens (tertiary/aromatic N) is 1. The van der Waals surface area contributed by atoms with E-state index in [9.17, 15) is 4.79 Å². The van der Waals surface area contributed by atoms with Gasteiger partial charge in [0, 0.05) is 31.7 Å². The van der Waals surface area contributed by atoms with Gasteiger partial charge in [-0.1, -0.05) is 18.2 Å². The van der Waals surface area contributed by atoms with Gasteiger partial charge < -0.3 is 19.5 Å². The van der Waals surface area contributed by atoms with Gasteiger partial charge in [-0.05, 0) is 35.4 Å². The molecule has 6 nitrogen and oxygen atoms in total. The van der Waals surface area contributed by atoms with E-state index in [0.717, 1.165) is 55.5 Å². The predicted molar refractivity (Wildman–Crippen MR) is 96.3 cm³/mol. The van der Waals surface area contributed by atoms with Gasteiger partial charge in [-0.15, -0.1) is 0 Å². The first-order valence-electron chi connectivity index (χ1n) is 8.84. The Kier molecular flexibility index (Phi) is 5.04. The van der Waals surface area contributed by atoms with Crippen molar-refractivity contribution in [2.75, 3.05) is 33.1 Å². The summed E-state index contributed by atoms with van der Waals surface area (Å²) in [5.41, 5.74) is 2.80. The Bertz CT molecular complexity index is 787. The standard InChI is InChI=1S/C20H22N2O4/c23-20(21-12-15-4-5-18-19(11-15)26-14-25-18)17-3-1-2-16(10-17)13-22-6-8-24-9-7-22/h1-5,10-11H,6-9,12-14H2,(H,21,23). The molecular formula is C20H22N2O4. The SMILES string of the molecule is O=C(NCc1ccc2c(c1)OCO2)c1cccc(CN2CCOCC2)c1. The molecule has 2 aliphatic rings. The molecule has 6 heteroatoms. The fourth-order valence-corrected chi connectivity index (χ4v) is 3.16. The number of carbonyl (C=O) groups excluding carboxylic acids is 1. The monoisotopic (exact) mass is 354 g/mol. The molecule has 2 aliphatic heterocycles. The molecule has 0 aromatic heterocycles. The highest BCUT2D eigenvalue weighted by Crippen LogP contribution is 2.32. The van der Waals surface area contributed by atoms with Crippen LogP contribution in [-0.2, 0) is 17.8 Å².